The van der Waals surface area contributed by atoms with E-state index in [1.165, 1.54) is 0 Å². The van der Waals surface area contributed by atoms with Crippen LogP contribution in [0.25, 0.3) is 0 Å². The molecule has 0 fully saturated rings. The summed E-state index contributed by atoms with van der Waals surface area (Å²) in [4.78, 5) is 0. The van der Waals surface area contributed by atoms with Crippen LogP contribution in [0.5, 0.6) is 0 Å². The van der Waals surface area contributed by atoms with Crippen LogP contribution in [0, 0.1) is 27.0 Å². The second-order valence-electron chi connectivity index (χ2n) is 6.92. The summed E-state index contributed by atoms with van der Waals surface area (Å²) >= 11 is 0. The fourth-order valence-electron chi connectivity index (χ4n) is 1.84. The molecule has 2 rings (SSSR count). The second-order valence-corrected chi connectivity index (χ2v) is 17.1. The molecule has 0 atom stereocenters. The van der Waals surface area contributed by atoms with Gasteiger partial charge in [0, 0.05) is 0 Å². The minimum absolute atomic E-state index is 0. The zero-order valence-corrected chi connectivity index (χ0v) is 19.7. The fourth-order valence-corrected chi connectivity index (χ4v) is 4.34. The third-order valence-electron chi connectivity index (χ3n) is 3.13. The standard InChI is InChI=1S/2C8H13Si.2CH3.Zr/c2*1-9(2,3)8-6-4-5-7-8;;;/h2*6-7H,4H2,1-3H3;2*1H3;/q4*-1;+4. The van der Waals surface area contributed by atoms with Crippen molar-refractivity contribution >= 4 is 16.1 Å². The molecule has 0 aromatic carbocycles. The summed E-state index contributed by atoms with van der Waals surface area (Å²) in [6, 6.07) is 0. The Morgan fingerprint density at radius 2 is 1.00 bits per heavy atom. The van der Waals surface area contributed by atoms with E-state index >= 15 is 0 Å². The fraction of sp³-hybridized carbons (Fsp3) is 0.444. The van der Waals surface area contributed by atoms with Gasteiger partial charge >= 0.3 is 26.2 Å². The zero-order chi connectivity index (χ0) is 13.8. The van der Waals surface area contributed by atoms with Crippen LogP contribution in [-0.2, 0) is 26.2 Å². The summed E-state index contributed by atoms with van der Waals surface area (Å²) in [5.74, 6) is 0. The second kappa shape index (κ2) is 10.9. The van der Waals surface area contributed by atoms with E-state index in [0.717, 1.165) is 12.8 Å². The van der Waals surface area contributed by atoms with Crippen molar-refractivity contribution in [1.82, 2.24) is 0 Å². The van der Waals surface area contributed by atoms with Crippen molar-refractivity contribution in [3.63, 3.8) is 0 Å². The summed E-state index contributed by atoms with van der Waals surface area (Å²) in [7, 11) is -1.96. The first kappa shape index (κ1) is 26.2. The van der Waals surface area contributed by atoms with Crippen LogP contribution in [0.2, 0.25) is 39.3 Å². The summed E-state index contributed by atoms with van der Waals surface area (Å²) in [6.45, 7) is 14.2. The van der Waals surface area contributed by atoms with Gasteiger partial charge in [-0.1, -0.05) is 39.3 Å². The molecule has 0 saturated carbocycles. The van der Waals surface area contributed by atoms with E-state index in [9.17, 15) is 0 Å². The van der Waals surface area contributed by atoms with E-state index in [1.807, 2.05) is 0 Å². The summed E-state index contributed by atoms with van der Waals surface area (Å²) in [5, 5.41) is 3.12. The van der Waals surface area contributed by atoms with Crippen LogP contribution in [0.4, 0.5) is 0 Å². The average Bonchev–Trinajstić information content (AvgIpc) is 2.91. The van der Waals surface area contributed by atoms with Crippen molar-refractivity contribution in [1.29, 1.82) is 0 Å². The van der Waals surface area contributed by atoms with E-state index in [4.69, 9.17) is 0 Å². The minimum Gasteiger partial charge on any atom is -0.358 e. The summed E-state index contributed by atoms with van der Waals surface area (Å²) < 4.78 is 0. The first-order chi connectivity index (χ1) is 8.21. The number of rotatable bonds is 2. The molecule has 0 spiro atoms. The van der Waals surface area contributed by atoms with Gasteiger partial charge in [0.25, 0.3) is 0 Å². The van der Waals surface area contributed by atoms with Gasteiger partial charge in [-0.2, -0.15) is 12.2 Å². The van der Waals surface area contributed by atoms with Crippen LogP contribution in [-0.4, -0.2) is 16.1 Å². The topological polar surface area (TPSA) is 0 Å². The van der Waals surface area contributed by atoms with Gasteiger partial charge in [0.05, 0.1) is 0 Å². The quantitative estimate of drug-likeness (QED) is 0.397. The van der Waals surface area contributed by atoms with Gasteiger partial charge in [-0.15, -0.1) is 12.8 Å². The predicted octanol–water partition coefficient (Wildman–Crippen LogP) is 6.00. The molecule has 2 aliphatic rings. The molecule has 0 heterocycles. The zero-order valence-electron chi connectivity index (χ0n) is 15.2. The Hall–Kier alpha value is 0.277. The van der Waals surface area contributed by atoms with E-state index in [0.29, 0.717) is 0 Å². The van der Waals surface area contributed by atoms with Crippen molar-refractivity contribution in [3.8, 4) is 0 Å². The predicted molar refractivity (Wildman–Crippen MR) is 101 cm³/mol. The monoisotopic (exact) mass is 394 g/mol. The van der Waals surface area contributed by atoms with Crippen LogP contribution < -0.4 is 0 Å². The van der Waals surface area contributed by atoms with Gasteiger partial charge < -0.3 is 14.9 Å². The molecule has 0 aromatic heterocycles. The molecule has 116 valence electrons. The van der Waals surface area contributed by atoms with Gasteiger partial charge in [0.15, 0.2) is 0 Å². The molecular formula is C18H32Si2Zr. The molecule has 0 amide bonds. The Morgan fingerprint density at radius 3 is 1.10 bits per heavy atom. The molecule has 0 bridgehead atoms. The van der Waals surface area contributed by atoms with Gasteiger partial charge in [0.2, 0.25) is 0 Å². The third-order valence-corrected chi connectivity index (χ3v) is 7.29. The molecule has 0 aromatic rings. The summed E-state index contributed by atoms with van der Waals surface area (Å²) in [5.41, 5.74) is 0. The molecule has 0 saturated heterocycles. The summed E-state index contributed by atoms with van der Waals surface area (Å²) in [6.07, 6.45) is 17.4. The van der Waals surface area contributed by atoms with Crippen molar-refractivity contribution in [2.24, 2.45) is 0 Å². The number of hydrogen-bond donors (Lipinski definition) is 0. The van der Waals surface area contributed by atoms with Gasteiger partial charge in [-0.3, -0.25) is 12.2 Å². The van der Waals surface area contributed by atoms with Crippen LogP contribution >= 0.6 is 0 Å². The Morgan fingerprint density at radius 1 is 0.714 bits per heavy atom. The molecule has 0 unspecified atom stereocenters. The smallest absolute Gasteiger partial charge is 0.358 e. The van der Waals surface area contributed by atoms with Crippen molar-refractivity contribution in [3.05, 3.63) is 61.7 Å². The van der Waals surface area contributed by atoms with Crippen molar-refractivity contribution in [2.75, 3.05) is 0 Å². The van der Waals surface area contributed by atoms with Crippen LogP contribution in [0.1, 0.15) is 12.8 Å². The van der Waals surface area contributed by atoms with E-state index < -0.39 is 16.1 Å². The molecule has 0 nitrogen and oxygen atoms in total. The van der Waals surface area contributed by atoms with Crippen molar-refractivity contribution < 1.29 is 26.2 Å². The maximum atomic E-state index is 3.20. The van der Waals surface area contributed by atoms with E-state index in [-0.39, 0.29) is 41.1 Å². The Labute approximate surface area is 155 Å². The molecule has 3 heteroatoms. The minimum atomic E-state index is -0.981. The van der Waals surface area contributed by atoms with Gasteiger partial charge in [-0.25, -0.2) is 22.5 Å². The molecule has 0 aliphatic heterocycles. The number of hydrogen-bond acceptors (Lipinski definition) is 0. The first-order valence-electron chi connectivity index (χ1n) is 6.76. The van der Waals surface area contributed by atoms with E-state index in [2.05, 4.69) is 75.7 Å². The molecule has 2 aliphatic carbocycles. The van der Waals surface area contributed by atoms with Gasteiger partial charge in [0.1, 0.15) is 0 Å². The third kappa shape index (κ3) is 9.81. The van der Waals surface area contributed by atoms with E-state index in [1.54, 1.807) is 10.4 Å². The molecule has 0 radical (unpaired) electrons. The number of allylic oxidation sites excluding steroid dienone is 8. The Bertz CT molecular complexity index is 362. The normalized spacial score (nSPS) is 15.7. The largest absolute Gasteiger partial charge is 4.00 e. The molecule has 0 N–H and O–H groups in total. The maximum absolute atomic E-state index is 3.20. The molecule has 21 heavy (non-hydrogen) atoms. The average molecular weight is 396 g/mol. The van der Waals surface area contributed by atoms with Crippen LogP contribution in [0.15, 0.2) is 34.7 Å². The van der Waals surface area contributed by atoms with Crippen molar-refractivity contribution in [2.45, 2.75) is 52.1 Å². The first-order valence-corrected chi connectivity index (χ1v) is 13.8. The van der Waals surface area contributed by atoms with Gasteiger partial charge in [-0.05, 0) is 16.1 Å². The Kier molecular flexibility index (Phi) is 13.6. The SMILES string of the molecule is C[Si](C)(C)C1=CC[C-]=C1.C[Si](C)(C)C1=CC[C-]=C1.[CH3-].[CH3-].[Zr+4]. The Balaban J connectivity index is -0.000000270. The maximum Gasteiger partial charge on any atom is 4.00 e. The molecular weight excluding hydrogens is 364 g/mol. The van der Waals surface area contributed by atoms with Crippen LogP contribution in [0.3, 0.4) is 0 Å².